The predicted octanol–water partition coefficient (Wildman–Crippen LogP) is 4.66. The molecule has 0 saturated heterocycles. The van der Waals surface area contributed by atoms with Crippen LogP contribution in [0.3, 0.4) is 0 Å². The van der Waals surface area contributed by atoms with Crippen LogP contribution in [-0.2, 0) is 11.2 Å². The molecule has 3 rings (SSSR count). The second-order valence-electron chi connectivity index (χ2n) is 6.09. The molecule has 3 aromatic rings. The highest BCUT2D eigenvalue weighted by atomic mass is 32.1. The van der Waals surface area contributed by atoms with E-state index in [2.05, 4.69) is 11.4 Å². The van der Waals surface area contributed by atoms with Crippen LogP contribution in [0.4, 0.5) is 5.69 Å². The Labute approximate surface area is 154 Å². The second-order valence-corrected chi connectivity index (χ2v) is 7.01. The van der Waals surface area contributed by atoms with Crippen LogP contribution < -0.4 is 5.32 Å². The van der Waals surface area contributed by atoms with Gasteiger partial charge in [-0.15, -0.1) is 11.3 Å². The van der Waals surface area contributed by atoms with Crippen molar-refractivity contribution >= 4 is 39.7 Å². The van der Waals surface area contributed by atoms with Gasteiger partial charge in [0.1, 0.15) is 10.6 Å². The number of fused-ring (bicyclic) bond motifs is 1. The van der Waals surface area contributed by atoms with Crippen LogP contribution in [-0.4, -0.2) is 22.1 Å². The van der Waals surface area contributed by atoms with Crippen LogP contribution in [0.5, 0.6) is 5.75 Å². The third kappa shape index (κ3) is 4.40. The van der Waals surface area contributed by atoms with Crippen LogP contribution in [0, 0.1) is 0 Å². The second kappa shape index (κ2) is 8.01. The summed E-state index contributed by atoms with van der Waals surface area (Å²) in [6.45, 7) is 0. The first-order chi connectivity index (χ1) is 12.5. The van der Waals surface area contributed by atoms with Gasteiger partial charge < -0.3 is 15.5 Å². The zero-order valence-electron chi connectivity index (χ0n) is 14.1. The van der Waals surface area contributed by atoms with Crippen LogP contribution in [0.1, 0.15) is 34.5 Å². The van der Waals surface area contributed by atoms with Gasteiger partial charge in [-0.2, -0.15) is 0 Å². The van der Waals surface area contributed by atoms with Crippen molar-refractivity contribution in [1.29, 1.82) is 0 Å². The van der Waals surface area contributed by atoms with Crippen LogP contribution >= 0.6 is 11.3 Å². The number of unbranched alkanes of at least 4 members (excludes halogenated alkanes) is 1. The molecule has 0 radical (unpaired) electrons. The van der Waals surface area contributed by atoms with E-state index in [9.17, 15) is 14.7 Å². The summed E-state index contributed by atoms with van der Waals surface area (Å²) in [4.78, 5) is 23.2. The molecule has 0 spiro atoms. The number of hydrogen-bond acceptors (Lipinski definition) is 4. The zero-order valence-corrected chi connectivity index (χ0v) is 14.9. The molecule has 26 heavy (non-hydrogen) atoms. The Morgan fingerprint density at radius 1 is 1.00 bits per heavy atom. The van der Waals surface area contributed by atoms with E-state index in [-0.39, 0.29) is 16.5 Å². The number of phenols is 1. The van der Waals surface area contributed by atoms with Gasteiger partial charge in [-0.25, -0.2) is 4.79 Å². The molecule has 0 unspecified atom stereocenters. The summed E-state index contributed by atoms with van der Waals surface area (Å²) in [5, 5.41) is 24.9. The lowest BCUT2D eigenvalue weighted by molar-refractivity contribution is -0.116. The van der Waals surface area contributed by atoms with Gasteiger partial charge in [0.15, 0.2) is 0 Å². The predicted molar refractivity (Wildman–Crippen MR) is 103 cm³/mol. The number of hydrogen-bond donors (Lipinski definition) is 3. The largest absolute Gasteiger partial charge is 0.508 e. The van der Waals surface area contributed by atoms with Crippen molar-refractivity contribution in [1.82, 2.24) is 0 Å². The molecule has 0 atom stereocenters. The Bertz CT molecular complexity index is 948. The molecule has 1 heterocycles. The number of carboxylic acids is 1. The minimum atomic E-state index is -1.03. The van der Waals surface area contributed by atoms with Crippen LogP contribution in [0.15, 0.2) is 47.8 Å². The molecule has 3 N–H and O–H groups in total. The van der Waals surface area contributed by atoms with E-state index in [0.717, 1.165) is 41.4 Å². The number of carbonyl (C=O) groups excluding carboxylic acids is 1. The van der Waals surface area contributed by atoms with Gasteiger partial charge in [0, 0.05) is 6.42 Å². The van der Waals surface area contributed by atoms with E-state index in [1.165, 1.54) is 5.56 Å². The lowest BCUT2D eigenvalue weighted by Gasteiger charge is -2.06. The van der Waals surface area contributed by atoms with Gasteiger partial charge >= 0.3 is 5.97 Å². The number of carboxylic acid groups (broad SMARTS) is 1. The Kier molecular flexibility index (Phi) is 5.53. The van der Waals surface area contributed by atoms with Gasteiger partial charge in [-0.1, -0.05) is 24.3 Å². The summed E-state index contributed by atoms with van der Waals surface area (Å²) in [7, 11) is 0. The molecule has 0 aliphatic carbocycles. The number of carbonyl (C=O) groups is 2. The van der Waals surface area contributed by atoms with Gasteiger partial charge in [-0.05, 0) is 59.2 Å². The Hall–Kier alpha value is -2.86. The normalized spacial score (nSPS) is 10.8. The van der Waals surface area contributed by atoms with E-state index in [1.54, 1.807) is 23.6 Å². The molecule has 1 amide bonds. The standard InChI is InChI=1S/C20H19NO4S/c22-16-8-7-14-11-13(5-6-15(14)12-16)3-1-2-4-18(23)21-17-9-10-26-19(17)20(24)25/h5-12,22H,1-4H2,(H,21,23)(H,24,25). The van der Waals surface area contributed by atoms with E-state index in [1.807, 2.05) is 18.2 Å². The number of aryl methyl sites for hydroxylation is 1. The molecular weight excluding hydrogens is 350 g/mol. The van der Waals surface area contributed by atoms with Crippen molar-refractivity contribution in [2.45, 2.75) is 25.7 Å². The minimum Gasteiger partial charge on any atom is -0.508 e. The lowest BCUT2D eigenvalue weighted by atomic mass is 10.0. The summed E-state index contributed by atoms with van der Waals surface area (Å²) >= 11 is 1.10. The fourth-order valence-electron chi connectivity index (χ4n) is 2.84. The first-order valence-corrected chi connectivity index (χ1v) is 9.23. The topological polar surface area (TPSA) is 86.6 Å². The molecule has 134 valence electrons. The number of phenolic OH excluding ortho intramolecular Hbond substituents is 1. The number of aromatic carboxylic acids is 1. The molecule has 1 aromatic heterocycles. The van der Waals surface area contributed by atoms with Crippen LogP contribution in [0.2, 0.25) is 0 Å². The summed E-state index contributed by atoms with van der Waals surface area (Å²) in [6.07, 6.45) is 2.82. The van der Waals surface area contributed by atoms with Gasteiger partial charge in [0.25, 0.3) is 0 Å². The molecule has 5 nitrogen and oxygen atoms in total. The van der Waals surface area contributed by atoms with Crippen molar-refractivity contribution in [3.05, 3.63) is 58.3 Å². The molecule has 0 fully saturated rings. The monoisotopic (exact) mass is 369 g/mol. The third-order valence-corrected chi connectivity index (χ3v) is 5.04. The molecule has 0 saturated carbocycles. The Morgan fingerprint density at radius 3 is 2.58 bits per heavy atom. The number of aromatic hydroxyl groups is 1. The maximum atomic E-state index is 12.0. The lowest BCUT2D eigenvalue weighted by Crippen LogP contribution is -2.12. The van der Waals surface area contributed by atoms with Gasteiger partial charge in [-0.3, -0.25) is 4.79 Å². The Morgan fingerprint density at radius 2 is 1.77 bits per heavy atom. The summed E-state index contributed by atoms with van der Waals surface area (Å²) < 4.78 is 0. The fourth-order valence-corrected chi connectivity index (χ4v) is 3.53. The minimum absolute atomic E-state index is 0.153. The maximum absolute atomic E-state index is 12.0. The van der Waals surface area contributed by atoms with Crippen molar-refractivity contribution in [2.75, 3.05) is 5.32 Å². The molecule has 6 heteroatoms. The number of rotatable bonds is 7. The summed E-state index contributed by atoms with van der Waals surface area (Å²) in [5.41, 5.74) is 1.56. The smallest absolute Gasteiger partial charge is 0.348 e. The Balaban J connectivity index is 1.48. The van der Waals surface area contributed by atoms with E-state index < -0.39 is 5.97 Å². The van der Waals surface area contributed by atoms with Crippen LogP contribution in [0.25, 0.3) is 10.8 Å². The van der Waals surface area contributed by atoms with Crippen molar-refractivity contribution in [3.8, 4) is 5.75 Å². The van der Waals surface area contributed by atoms with E-state index in [4.69, 9.17) is 5.11 Å². The van der Waals surface area contributed by atoms with Gasteiger partial charge in [0.05, 0.1) is 5.69 Å². The fraction of sp³-hybridized carbons (Fsp3) is 0.200. The van der Waals surface area contributed by atoms with Crippen molar-refractivity contribution < 1.29 is 19.8 Å². The van der Waals surface area contributed by atoms with E-state index in [0.29, 0.717) is 12.1 Å². The zero-order chi connectivity index (χ0) is 18.5. The quantitative estimate of drug-likeness (QED) is 0.529. The summed E-state index contributed by atoms with van der Waals surface area (Å²) in [5.74, 6) is -0.937. The van der Waals surface area contributed by atoms with Crippen molar-refractivity contribution in [3.63, 3.8) is 0 Å². The SMILES string of the molecule is O=C(CCCCc1ccc2cc(O)ccc2c1)Nc1ccsc1C(=O)O. The highest BCUT2D eigenvalue weighted by Crippen LogP contribution is 2.23. The number of amides is 1. The number of nitrogens with one attached hydrogen (secondary N) is 1. The third-order valence-electron chi connectivity index (χ3n) is 4.14. The average molecular weight is 369 g/mol. The molecule has 2 aromatic carbocycles. The molecule has 0 aliphatic heterocycles. The van der Waals surface area contributed by atoms with E-state index >= 15 is 0 Å². The number of thiophene rings is 1. The average Bonchev–Trinajstić information content (AvgIpc) is 3.07. The highest BCUT2D eigenvalue weighted by Gasteiger charge is 2.13. The number of benzene rings is 2. The van der Waals surface area contributed by atoms with Crippen molar-refractivity contribution in [2.24, 2.45) is 0 Å². The molecule has 0 aliphatic rings. The summed E-state index contributed by atoms with van der Waals surface area (Å²) in [6, 6.07) is 13.0. The molecule has 0 bridgehead atoms. The maximum Gasteiger partial charge on any atom is 0.348 e. The highest BCUT2D eigenvalue weighted by molar-refractivity contribution is 7.12. The van der Waals surface area contributed by atoms with Gasteiger partial charge in [0.2, 0.25) is 5.91 Å². The number of anilines is 1. The molecular formula is C20H19NO4S. The first-order valence-electron chi connectivity index (χ1n) is 8.35. The first kappa shape index (κ1) is 17.9.